The highest BCUT2D eigenvalue weighted by Crippen LogP contribution is 2.31. The fraction of sp³-hybridized carbons (Fsp3) is 0.444. The van der Waals surface area contributed by atoms with Gasteiger partial charge in [0.05, 0.1) is 23.9 Å². The molecule has 1 aromatic heterocycles. The molecular weight excluding hydrogens is 266 g/mol. The molecule has 0 aromatic carbocycles. The van der Waals surface area contributed by atoms with Crippen LogP contribution in [0.1, 0.15) is 0 Å². The molecule has 1 aliphatic heterocycles. The molecule has 2 rings (SSSR count). The summed E-state index contributed by atoms with van der Waals surface area (Å²) < 4.78 is 28.1. The number of nitrogens with zero attached hydrogens (tertiary/aromatic N) is 2. The number of rotatable bonds is 2. The summed E-state index contributed by atoms with van der Waals surface area (Å²) in [4.78, 5) is 5.55. The number of morpholine rings is 1. The van der Waals surface area contributed by atoms with Gasteiger partial charge in [-0.2, -0.15) is 0 Å². The fourth-order valence-electron chi connectivity index (χ4n) is 1.71. The van der Waals surface area contributed by atoms with Crippen LogP contribution in [0.4, 0.5) is 5.69 Å². The van der Waals surface area contributed by atoms with Crippen molar-refractivity contribution in [3.05, 3.63) is 17.4 Å². The van der Waals surface area contributed by atoms with Gasteiger partial charge in [0, 0.05) is 25.5 Å². The summed E-state index contributed by atoms with van der Waals surface area (Å²) in [6, 6.07) is 0. The normalized spacial score (nSPS) is 17.2. The molecule has 1 saturated heterocycles. The highest BCUT2D eigenvalue weighted by molar-refractivity contribution is 7.89. The topological polar surface area (TPSA) is 85.5 Å². The van der Waals surface area contributed by atoms with Gasteiger partial charge in [-0.05, 0) is 0 Å². The predicted octanol–water partition coefficient (Wildman–Crippen LogP) is 0.219. The Kier molecular flexibility index (Phi) is 3.53. The first-order valence-electron chi connectivity index (χ1n) is 4.99. The Bertz CT molecular complexity index is 514. The molecule has 0 bridgehead atoms. The lowest BCUT2D eigenvalue weighted by molar-refractivity contribution is 0.122. The van der Waals surface area contributed by atoms with E-state index in [1.807, 2.05) is 4.90 Å². The molecule has 1 aromatic rings. The van der Waals surface area contributed by atoms with Gasteiger partial charge >= 0.3 is 0 Å². The summed E-state index contributed by atoms with van der Waals surface area (Å²) in [5.74, 6) is 0. The molecule has 0 amide bonds. The van der Waals surface area contributed by atoms with Crippen molar-refractivity contribution in [1.82, 2.24) is 4.98 Å². The Labute approximate surface area is 104 Å². The average Bonchev–Trinajstić information content (AvgIpc) is 2.28. The van der Waals surface area contributed by atoms with Crippen LogP contribution in [0.25, 0.3) is 0 Å². The number of hydrogen-bond acceptors (Lipinski definition) is 5. The Morgan fingerprint density at radius 1 is 1.35 bits per heavy atom. The minimum Gasteiger partial charge on any atom is -0.378 e. The van der Waals surface area contributed by atoms with Crippen molar-refractivity contribution in [3.63, 3.8) is 0 Å². The van der Waals surface area contributed by atoms with Crippen LogP contribution in [0.3, 0.4) is 0 Å². The summed E-state index contributed by atoms with van der Waals surface area (Å²) >= 11 is 6.00. The quantitative estimate of drug-likeness (QED) is 0.836. The summed E-state index contributed by atoms with van der Waals surface area (Å²) in [6.45, 7) is 2.21. The first-order chi connectivity index (χ1) is 8.00. The summed E-state index contributed by atoms with van der Waals surface area (Å²) in [5, 5.41) is 5.43. The number of nitrogens with two attached hydrogens (primary N) is 1. The van der Waals surface area contributed by atoms with Crippen LogP contribution < -0.4 is 10.0 Å². The van der Waals surface area contributed by atoms with E-state index >= 15 is 0 Å². The van der Waals surface area contributed by atoms with Gasteiger partial charge in [0.2, 0.25) is 10.0 Å². The molecule has 0 radical (unpaired) electrons. The van der Waals surface area contributed by atoms with E-state index in [2.05, 4.69) is 4.98 Å². The highest BCUT2D eigenvalue weighted by atomic mass is 35.5. The van der Waals surface area contributed by atoms with Crippen LogP contribution in [0.5, 0.6) is 0 Å². The monoisotopic (exact) mass is 277 g/mol. The van der Waals surface area contributed by atoms with Gasteiger partial charge in [-0.25, -0.2) is 13.6 Å². The molecule has 0 aliphatic carbocycles. The summed E-state index contributed by atoms with van der Waals surface area (Å²) in [5.41, 5.74) is 0.410. The van der Waals surface area contributed by atoms with E-state index in [1.165, 1.54) is 12.4 Å². The highest BCUT2D eigenvalue weighted by Gasteiger charge is 2.23. The van der Waals surface area contributed by atoms with Crippen LogP contribution in [-0.4, -0.2) is 39.7 Å². The van der Waals surface area contributed by atoms with Crippen molar-refractivity contribution in [2.75, 3.05) is 31.2 Å². The number of hydrogen-bond donors (Lipinski definition) is 1. The minimum atomic E-state index is -3.83. The lowest BCUT2D eigenvalue weighted by Gasteiger charge is -2.30. The predicted molar refractivity (Wildman–Crippen MR) is 63.7 cm³/mol. The molecule has 1 aliphatic rings. The van der Waals surface area contributed by atoms with Crippen molar-refractivity contribution in [2.24, 2.45) is 5.14 Å². The zero-order chi connectivity index (χ0) is 12.5. The minimum absolute atomic E-state index is 0.0492. The van der Waals surface area contributed by atoms with Crippen molar-refractivity contribution in [1.29, 1.82) is 0 Å². The van der Waals surface area contributed by atoms with Crippen LogP contribution >= 0.6 is 11.6 Å². The van der Waals surface area contributed by atoms with E-state index in [0.717, 1.165) is 0 Å². The molecule has 0 spiro atoms. The summed E-state index contributed by atoms with van der Waals surface area (Å²) in [7, 11) is -3.83. The largest absolute Gasteiger partial charge is 0.378 e. The maximum atomic E-state index is 11.5. The van der Waals surface area contributed by atoms with Crippen LogP contribution in [0.2, 0.25) is 5.02 Å². The van der Waals surface area contributed by atoms with Crippen LogP contribution in [0.15, 0.2) is 17.3 Å². The molecule has 0 unspecified atom stereocenters. The average molecular weight is 278 g/mol. The maximum absolute atomic E-state index is 11.5. The number of anilines is 1. The SMILES string of the molecule is NS(=O)(=O)c1cncc(Cl)c1N1CCOCC1. The van der Waals surface area contributed by atoms with Gasteiger partial charge < -0.3 is 9.64 Å². The molecule has 8 heteroatoms. The van der Waals surface area contributed by atoms with E-state index < -0.39 is 10.0 Å². The third-order valence-corrected chi connectivity index (χ3v) is 3.66. The number of pyridine rings is 1. The molecule has 0 atom stereocenters. The zero-order valence-corrected chi connectivity index (χ0v) is 10.5. The van der Waals surface area contributed by atoms with Gasteiger partial charge in [-0.3, -0.25) is 4.98 Å². The van der Waals surface area contributed by atoms with Crippen molar-refractivity contribution < 1.29 is 13.2 Å². The first kappa shape index (κ1) is 12.6. The molecule has 2 heterocycles. The smallest absolute Gasteiger partial charge is 0.241 e. The van der Waals surface area contributed by atoms with E-state index in [9.17, 15) is 8.42 Å². The molecule has 1 fully saturated rings. The lowest BCUT2D eigenvalue weighted by atomic mass is 10.3. The van der Waals surface area contributed by atoms with E-state index in [0.29, 0.717) is 32.0 Å². The third kappa shape index (κ3) is 2.68. The fourth-order valence-corrected chi connectivity index (χ4v) is 2.76. The number of primary sulfonamides is 1. The Hall–Kier alpha value is -0.890. The van der Waals surface area contributed by atoms with Gasteiger partial charge in [-0.15, -0.1) is 0 Å². The van der Waals surface area contributed by atoms with Crippen molar-refractivity contribution in [2.45, 2.75) is 4.90 Å². The second kappa shape index (κ2) is 4.77. The van der Waals surface area contributed by atoms with Crippen LogP contribution in [-0.2, 0) is 14.8 Å². The lowest BCUT2D eigenvalue weighted by Crippen LogP contribution is -2.37. The van der Waals surface area contributed by atoms with Crippen molar-refractivity contribution >= 4 is 27.3 Å². The number of ether oxygens (including phenoxy) is 1. The van der Waals surface area contributed by atoms with E-state index in [-0.39, 0.29) is 9.92 Å². The molecule has 6 nitrogen and oxygen atoms in total. The molecule has 0 saturated carbocycles. The molecule has 2 N–H and O–H groups in total. The van der Waals surface area contributed by atoms with E-state index in [1.54, 1.807) is 0 Å². The zero-order valence-electron chi connectivity index (χ0n) is 8.97. The molecular formula is C9H12ClN3O3S. The number of sulfonamides is 1. The van der Waals surface area contributed by atoms with Gasteiger partial charge in [0.1, 0.15) is 4.90 Å². The number of aromatic nitrogens is 1. The molecule has 94 valence electrons. The standard InChI is InChI=1S/C9H12ClN3O3S/c10-7-5-12-6-8(17(11,14)15)9(7)13-1-3-16-4-2-13/h5-6H,1-4H2,(H2,11,14,15). The summed E-state index contributed by atoms with van der Waals surface area (Å²) in [6.07, 6.45) is 2.62. The first-order valence-corrected chi connectivity index (χ1v) is 6.91. The second-order valence-electron chi connectivity index (χ2n) is 3.61. The maximum Gasteiger partial charge on any atom is 0.241 e. The number of halogens is 1. The van der Waals surface area contributed by atoms with E-state index in [4.69, 9.17) is 21.5 Å². The van der Waals surface area contributed by atoms with Gasteiger partial charge in [0.15, 0.2) is 0 Å². The second-order valence-corrected chi connectivity index (χ2v) is 5.55. The Morgan fingerprint density at radius 2 is 2.00 bits per heavy atom. The Morgan fingerprint density at radius 3 is 2.59 bits per heavy atom. The van der Waals surface area contributed by atoms with Gasteiger partial charge in [0.25, 0.3) is 0 Å². The van der Waals surface area contributed by atoms with Gasteiger partial charge in [-0.1, -0.05) is 11.6 Å². The third-order valence-electron chi connectivity index (χ3n) is 2.47. The van der Waals surface area contributed by atoms with Crippen LogP contribution in [0, 0.1) is 0 Å². The Balaban J connectivity index is 2.50. The molecule has 17 heavy (non-hydrogen) atoms. The van der Waals surface area contributed by atoms with Crippen molar-refractivity contribution in [3.8, 4) is 0 Å².